The summed E-state index contributed by atoms with van der Waals surface area (Å²) in [4.78, 5) is 21.9. The van der Waals surface area contributed by atoms with Crippen LogP contribution < -0.4 is 15.2 Å². The van der Waals surface area contributed by atoms with Gasteiger partial charge in [-0.15, -0.1) is 15.7 Å². The van der Waals surface area contributed by atoms with Gasteiger partial charge in [-0.3, -0.25) is 4.98 Å². The molecule has 1 aliphatic carbocycles. The molecule has 186 valence electrons. The second kappa shape index (κ2) is 8.98. The minimum absolute atomic E-state index is 0.147. The van der Waals surface area contributed by atoms with E-state index < -0.39 is 21.5 Å². The molecule has 0 radical (unpaired) electrons. The largest absolute Gasteiger partial charge is 0.481 e. The number of fused-ring (bicyclic) bond motifs is 1. The Kier molecular flexibility index (Phi) is 6.47. The van der Waals surface area contributed by atoms with Gasteiger partial charge in [0.1, 0.15) is 4.21 Å². The van der Waals surface area contributed by atoms with E-state index in [1.54, 1.807) is 43.8 Å². The Labute approximate surface area is 209 Å². The fraction of sp³-hybridized carbons (Fsp3) is 0.375. The maximum absolute atomic E-state index is 13.1. The second-order valence-corrected chi connectivity index (χ2v) is 12.6. The summed E-state index contributed by atoms with van der Waals surface area (Å²) in [6.07, 6.45) is 4.93. The van der Waals surface area contributed by atoms with Crippen molar-refractivity contribution in [1.29, 1.82) is 0 Å². The summed E-state index contributed by atoms with van der Waals surface area (Å²) in [6.45, 7) is 7.45. The minimum Gasteiger partial charge on any atom is -0.481 e. The molecule has 1 aliphatic rings. The third-order valence-electron chi connectivity index (χ3n) is 6.10. The monoisotopic (exact) mass is 515 g/mol. The average molecular weight is 516 g/mol. The standard InChI is InChI=1S/C24H29N5O4S2/c1-23(2)8-6-16-20(17(12-27-21(16)23)14-7-9-26-18(10-14)33-5)28-22(30)29-35(25,32)19-11-15(13-34-19)24(3,4)31/h7,9-13,31H,6,8H2,1-5H3,(H3,25,27,28,29,30,32). The number of thiophene rings is 1. The molecule has 9 nitrogen and oxygen atoms in total. The fourth-order valence-corrected chi connectivity index (χ4v) is 6.35. The lowest BCUT2D eigenvalue weighted by Gasteiger charge is -2.20. The number of nitrogens with zero attached hydrogens (tertiary/aromatic N) is 3. The van der Waals surface area contributed by atoms with Crippen LogP contribution in [0.5, 0.6) is 5.88 Å². The van der Waals surface area contributed by atoms with Crippen molar-refractivity contribution in [2.24, 2.45) is 9.50 Å². The van der Waals surface area contributed by atoms with E-state index in [1.165, 1.54) is 13.2 Å². The molecule has 3 heterocycles. The van der Waals surface area contributed by atoms with Gasteiger partial charge in [0.15, 0.2) is 9.92 Å². The number of aliphatic hydroxyl groups is 1. The van der Waals surface area contributed by atoms with E-state index in [1.807, 2.05) is 0 Å². The molecule has 4 rings (SSSR count). The lowest BCUT2D eigenvalue weighted by Crippen LogP contribution is -2.19. The molecule has 0 aromatic carbocycles. The first-order valence-electron chi connectivity index (χ1n) is 11.0. The highest BCUT2D eigenvalue weighted by molar-refractivity contribution is 7.93. The zero-order valence-corrected chi connectivity index (χ0v) is 21.9. The van der Waals surface area contributed by atoms with Gasteiger partial charge >= 0.3 is 6.03 Å². The van der Waals surface area contributed by atoms with Crippen molar-refractivity contribution in [2.75, 3.05) is 12.4 Å². The molecule has 0 fully saturated rings. The number of carbonyl (C=O) groups is 1. The minimum atomic E-state index is -3.52. The Morgan fingerprint density at radius 1 is 1.34 bits per heavy atom. The Morgan fingerprint density at radius 3 is 2.74 bits per heavy atom. The van der Waals surface area contributed by atoms with Gasteiger partial charge in [-0.05, 0) is 60.9 Å². The maximum Gasteiger partial charge on any atom is 0.354 e. The maximum atomic E-state index is 13.1. The summed E-state index contributed by atoms with van der Waals surface area (Å²) < 4.78 is 22.4. The van der Waals surface area contributed by atoms with Gasteiger partial charge in [0, 0.05) is 29.4 Å². The van der Waals surface area contributed by atoms with Gasteiger partial charge in [-0.1, -0.05) is 13.8 Å². The third-order valence-corrected chi connectivity index (χ3v) is 8.95. The number of aromatic nitrogens is 2. The molecule has 0 aliphatic heterocycles. The Morgan fingerprint density at radius 2 is 2.09 bits per heavy atom. The lowest BCUT2D eigenvalue weighted by molar-refractivity contribution is 0.0789. The van der Waals surface area contributed by atoms with Gasteiger partial charge in [-0.2, -0.15) is 0 Å². The number of nitrogens with two attached hydrogens (primary N) is 1. The third kappa shape index (κ3) is 5.08. The quantitative estimate of drug-likeness (QED) is 0.454. The van der Waals surface area contributed by atoms with Crippen molar-refractivity contribution in [3.8, 4) is 17.0 Å². The van der Waals surface area contributed by atoms with Crippen LogP contribution in [0, 0.1) is 0 Å². The molecule has 1 atom stereocenters. The van der Waals surface area contributed by atoms with Crippen molar-refractivity contribution < 1.29 is 18.8 Å². The molecule has 3 aromatic rings. The molecule has 2 amide bonds. The van der Waals surface area contributed by atoms with Crippen molar-refractivity contribution >= 4 is 33.0 Å². The van der Waals surface area contributed by atoms with Crippen molar-refractivity contribution in [2.45, 2.75) is 55.8 Å². The van der Waals surface area contributed by atoms with Gasteiger partial charge in [0.05, 0.1) is 24.1 Å². The van der Waals surface area contributed by atoms with Crippen molar-refractivity contribution in [3.63, 3.8) is 0 Å². The number of hydrogen-bond acceptors (Lipinski definition) is 7. The molecule has 0 spiro atoms. The number of rotatable bonds is 5. The molecule has 35 heavy (non-hydrogen) atoms. The number of carbonyl (C=O) groups excluding carboxylic acids is 1. The van der Waals surface area contributed by atoms with Gasteiger partial charge in [0.25, 0.3) is 0 Å². The summed E-state index contributed by atoms with van der Waals surface area (Å²) in [6, 6.07) is 4.25. The van der Waals surface area contributed by atoms with Crippen LogP contribution >= 0.6 is 11.3 Å². The predicted octanol–water partition coefficient (Wildman–Crippen LogP) is 4.60. The molecular weight excluding hydrogens is 486 g/mol. The van der Waals surface area contributed by atoms with Gasteiger partial charge in [-0.25, -0.2) is 19.1 Å². The highest BCUT2D eigenvalue weighted by Gasteiger charge is 2.34. The van der Waals surface area contributed by atoms with Crippen LogP contribution in [0.2, 0.25) is 0 Å². The first kappa shape index (κ1) is 25.2. The molecular formula is C24H29N5O4S2. The molecule has 0 bridgehead atoms. The molecule has 4 N–H and O–H groups in total. The zero-order chi connectivity index (χ0) is 25.6. The van der Waals surface area contributed by atoms with Crippen LogP contribution in [-0.4, -0.2) is 32.4 Å². The number of anilines is 1. The normalized spacial score (nSPS) is 16.3. The van der Waals surface area contributed by atoms with E-state index in [0.717, 1.165) is 41.0 Å². The second-order valence-electron chi connectivity index (χ2n) is 9.65. The lowest BCUT2D eigenvalue weighted by atomic mass is 9.90. The number of nitrogens with one attached hydrogen (secondary N) is 1. The fourth-order valence-electron chi connectivity index (χ4n) is 4.07. The molecule has 0 saturated carbocycles. The van der Waals surface area contributed by atoms with Crippen molar-refractivity contribution in [3.05, 3.63) is 52.8 Å². The first-order valence-corrected chi connectivity index (χ1v) is 13.5. The van der Waals surface area contributed by atoms with Crippen LogP contribution in [0.15, 0.2) is 44.5 Å². The molecule has 11 heteroatoms. The van der Waals surface area contributed by atoms with Crippen molar-refractivity contribution in [1.82, 2.24) is 9.97 Å². The summed E-state index contributed by atoms with van der Waals surface area (Å²) in [7, 11) is -1.99. The number of ether oxygens (including phenoxy) is 1. The molecule has 1 unspecified atom stereocenters. The number of amides is 2. The van der Waals surface area contributed by atoms with E-state index >= 15 is 0 Å². The first-order chi connectivity index (χ1) is 16.3. The van der Waals surface area contributed by atoms with Crippen LogP contribution in [0.4, 0.5) is 10.5 Å². The number of pyridine rings is 2. The number of methoxy groups -OCH3 is 1. The zero-order valence-electron chi connectivity index (χ0n) is 20.3. The summed E-state index contributed by atoms with van der Waals surface area (Å²) in [5, 5.41) is 20.7. The smallest absolute Gasteiger partial charge is 0.354 e. The number of hydrogen-bond donors (Lipinski definition) is 3. The predicted molar refractivity (Wildman–Crippen MR) is 137 cm³/mol. The number of urea groups is 1. The van der Waals surface area contributed by atoms with E-state index in [-0.39, 0.29) is 9.62 Å². The summed E-state index contributed by atoms with van der Waals surface area (Å²) in [5.41, 5.74) is 3.08. The molecule has 3 aromatic heterocycles. The Bertz CT molecular complexity index is 1420. The van der Waals surface area contributed by atoms with E-state index in [4.69, 9.17) is 14.9 Å². The van der Waals surface area contributed by atoms with E-state index in [0.29, 0.717) is 22.7 Å². The Hall–Kier alpha value is -2.86. The van der Waals surface area contributed by atoms with E-state index in [2.05, 4.69) is 28.5 Å². The van der Waals surface area contributed by atoms with Gasteiger partial charge < -0.3 is 15.2 Å². The SMILES string of the molecule is COc1cc(-c2cnc3c(c2NC(=O)N=S(N)(=O)c2cc(C(C)(C)O)cs2)CCC3(C)C)ccn1. The molecule has 0 saturated heterocycles. The Balaban J connectivity index is 1.76. The van der Waals surface area contributed by atoms with Crippen LogP contribution in [0.3, 0.4) is 0 Å². The summed E-state index contributed by atoms with van der Waals surface area (Å²) in [5.74, 6) is 0.426. The van der Waals surface area contributed by atoms with Gasteiger partial charge in [0.2, 0.25) is 5.88 Å². The van der Waals surface area contributed by atoms with Crippen LogP contribution in [-0.2, 0) is 27.4 Å². The average Bonchev–Trinajstić information content (AvgIpc) is 3.40. The highest BCUT2D eigenvalue weighted by Crippen LogP contribution is 2.44. The van der Waals surface area contributed by atoms with Crippen LogP contribution in [0.1, 0.15) is 50.9 Å². The summed E-state index contributed by atoms with van der Waals surface area (Å²) >= 11 is 1.09. The van der Waals surface area contributed by atoms with E-state index in [9.17, 15) is 14.1 Å². The topological polar surface area (TPSA) is 140 Å². The van der Waals surface area contributed by atoms with Crippen LogP contribution in [0.25, 0.3) is 11.1 Å². The highest BCUT2D eigenvalue weighted by atomic mass is 32.2.